The molecule has 0 radical (unpaired) electrons. The Balaban J connectivity index is 3.63. The van der Waals surface area contributed by atoms with Crippen molar-refractivity contribution in [2.24, 2.45) is 4.99 Å². The molecule has 3 nitrogen and oxygen atoms in total. The highest BCUT2D eigenvalue weighted by Crippen LogP contribution is 1.78. The lowest BCUT2D eigenvalue weighted by atomic mass is 10.5. The van der Waals surface area contributed by atoms with Crippen LogP contribution in [0.25, 0.3) is 0 Å². The van der Waals surface area contributed by atoms with Gasteiger partial charge in [-0.1, -0.05) is 6.92 Å². The van der Waals surface area contributed by atoms with Gasteiger partial charge in [0.15, 0.2) is 5.96 Å². The Morgan fingerprint density at radius 3 is 2.40 bits per heavy atom. The first-order valence-corrected chi connectivity index (χ1v) is 3.60. The van der Waals surface area contributed by atoms with E-state index in [1.54, 1.807) is 7.05 Å². The number of nitrogens with one attached hydrogen (secondary N) is 1. The first-order valence-electron chi connectivity index (χ1n) is 3.60. The molecule has 1 N–H and O–H groups in total. The van der Waals surface area contributed by atoms with Crippen molar-refractivity contribution in [3.8, 4) is 0 Å². The zero-order valence-electron chi connectivity index (χ0n) is 7.31. The molecule has 0 heterocycles. The van der Waals surface area contributed by atoms with Crippen LogP contribution in [0, 0.1) is 0 Å². The summed E-state index contributed by atoms with van der Waals surface area (Å²) in [7, 11) is 5.74. The Labute approximate surface area is 63.1 Å². The van der Waals surface area contributed by atoms with Gasteiger partial charge in [-0.3, -0.25) is 4.99 Å². The van der Waals surface area contributed by atoms with Gasteiger partial charge in [-0.25, -0.2) is 0 Å². The number of nitrogens with zero attached hydrogens (tertiary/aromatic N) is 2. The van der Waals surface area contributed by atoms with E-state index in [-0.39, 0.29) is 0 Å². The van der Waals surface area contributed by atoms with Gasteiger partial charge in [0.2, 0.25) is 0 Å². The molecule has 0 unspecified atom stereocenters. The van der Waals surface area contributed by atoms with E-state index >= 15 is 0 Å². The second-order valence-corrected chi connectivity index (χ2v) is 2.37. The van der Waals surface area contributed by atoms with E-state index < -0.39 is 0 Å². The van der Waals surface area contributed by atoms with E-state index in [1.165, 1.54) is 0 Å². The monoisotopic (exact) mass is 143 g/mol. The van der Waals surface area contributed by atoms with Gasteiger partial charge in [0.1, 0.15) is 0 Å². The second-order valence-electron chi connectivity index (χ2n) is 2.37. The first kappa shape index (κ1) is 9.27. The lowest BCUT2D eigenvalue weighted by Gasteiger charge is -2.15. The van der Waals surface area contributed by atoms with Crippen LogP contribution in [0.15, 0.2) is 4.99 Å². The fraction of sp³-hybridized carbons (Fsp3) is 0.857. The summed E-state index contributed by atoms with van der Waals surface area (Å²) < 4.78 is 0. The van der Waals surface area contributed by atoms with E-state index in [9.17, 15) is 0 Å². The molecule has 0 aliphatic carbocycles. The third-order valence-electron chi connectivity index (χ3n) is 1.17. The minimum Gasteiger partial charge on any atom is -0.356 e. The highest BCUT2D eigenvalue weighted by molar-refractivity contribution is 5.79. The molecule has 0 fully saturated rings. The Kier molecular flexibility index (Phi) is 4.72. The zero-order valence-corrected chi connectivity index (χ0v) is 7.31. The maximum atomic E-state index is 4.06. The van der Waals surface area contributed by atoms with Gasteiger partial charge in [-0.2, -0.15) is 0 Å². The molecule has 0 saturated carbocycles. The molecule has 3 heteroatoms. The highest BCUT2D eigenvalue weighted by atomic mass is 15.3. The van der Waals surface area contributed by atoms with E-state index in [2.05, 4.69) is 17.2 Å². The third-order valence-corrected chi connectivity index (χ3v) is 1.17. The van der Waals surface area contributed by atoms with Crippen molar-refractivity contribution in [1.82, 2.24) is 10.2 Å². The fourth-order valence-electron chi connectivity index (χ4n) is 0.674. The molecule has 0 spiro atoms. The molecule has 10 heavy (non-hydrogen) atoms. The standard InChI is InChI=1S/C7H17N3/c1-5-6-9-7(8-2)10(3)4/h5-6H2,1-4H3,(H,8,9). The van der Waals surface area contributed by atoms with Crippen LogP contribution < -0.4 is 5.32 Å². The average molecular weight is 143 g/mol. The van der Waals surface area contributed by atoms with Crippen LogP contribution in [0.1, 0.15) is 13.3 Å². The maximum absolute atomic E-state index is 4.06. The van der Waals surface area contributed by atoms with Gasteiger partial charge >= 0.3 is 0 Å². The molecule has 0 saturated heterocycles. The Morgan fingerprint density at radius 1 is 1.50 bits per heavy atom. The smallest absolute Gasteiger partial charge is 0.193 e. The molecule has 0 aliphatic heterocycles. The minimum absolute atomic E-state index is 0.946. The normalized spacial score (nSPS) is 11.4. The van der Waals surface area contributed by atoms with Gasteiger partial charge in [-0.15, -0.1) is 0 Å². The fourth-order valence-corrected chi connectivity index (χ4v) is 0.674. The van der Waals surface area contributed by atoms with Gasteiger partial charge < -0.3 is 10.2 Å². The molecule has 0 atom stereocenters. The van der Waals surface area contributed by atoms with Crippen LogP contribution in [0.2, 0.25) is 0 Å². The van der Waals surface area contributed by atoms with Gasteiger partial charge in [0.05, 0.1) is 0 Å². The Hall–Kier alpha value is -0.730. The van der Waals surface area contributed by atoms with Crippen LogP contribution in [-0.4, -0.2) is 38.5 Å². The predicted octanol–water partition coefficient (Wildman–Crippen LogP) is 0.533. The van der Waals surface area contributed by atoms with Crippen LogP contribution in [0.4, 0.5) is 0 Å². The summed E-state index contributed by atoms with van der Waals surface area (Å²) >= 11 is 0. The molecular formula is C7H17N3. The molecule has 0 aliphatic rings. The third kappa shape index (κ3) is 3.33. The summed E-state index contributed by atoms with van der Waals surface area (Å²) in [5.41, 5.74) is 0. The molecule has 0 aromatic heterocycles. The van der Waals surface area contributed by atoms with Gasteiger partial charge in [0.25, 0.3) is 0 Å². The molecule has 0 aromatic rings. The van der Waals surface area contributed by atoms with Crippen molar-refractivity contribution >= 4 is 5.96 Å². The summed E-state index contributed by atoms with van der Waals surface area (Å²) in [6.07, 6.45) is 1.13. The molecule has 0 aromatic carbocycles. The predicted molar refractivity (Wildman–Crippen MR) is 45.3 cm³/mol. The highest BCUT2D eigenvalue weighted by Gasteiger charge is 1.95. The quantitative estimate of drug-likeness (QED) is 0.451. The second kappa shape index (κ2) is 5.09. The van der Waals surface area contributed by atoms with Crippen LogP contribution in [0.3, 0.4) is 0 Å². The van der Waals surface area contributed by atoms with Crippen LogP contribution >= 0.6 is 0 Å². The number of hydrogen-bond acceptors (Lipinski definition) is 1. The molecule has 0 bridgehead atoms. The van der Waals surface area contributed by atoms with Crippen LogP contribution in [0.5, 0.6) is 0 Å². The first-order chi connectivity index (χ1) is 4.72. The molecular weight excluding hydrogens is 126 g/mol. The van der Waals surface area contributed by atoms with Crippen molar-refractivity contribution in [1.29, 1.82) is 0 Å². The summed E-state index contributed by atoms with van der Waals surface area (Å²) in [6.45, 7) is 3.13. The number of rotatable bonds is 2. The van der Waals surface area contributed by atoms with Gasteiger partial charge in [-0.05, 0) is 6.42 Å². The lowest BCUT2D eigenvalue weighted by Crippen LogP contribution is -2.36. The molecule has 0 rings (SSSR count). The number of guanidine groups is 1. The van der Waals surface area contributed by atoms with Crippen molar-refractivity contribution in [3.63, 3.8) is 0 Å². The number of hydrogen-bond donors (Lipinski definition) is 1. The largest absolute Gasteiger partial charge is 0.356 e. The minimum atomic E-state index is 0.946. The van der Waals surface area contributed by atoms with Crippen molar-refractivity contribution in [2.45, 2.75) is 13.3 Å². The van der Waals surface area contributed by atoms with Crippen molar-refractivity contribution in [3.05, 3.63) is 0 Å². The lowest BCUT2D eigenvalue weighted by molar-refractivity contribution is 0.582. The van der Waals surface area contributed by atoms with Crippen molar-refractivity contribution < 1.29 is 0 Å². The molecule has 0 amide bonds. The maximum Gasteiger partial charge on any atom is 0.193 e. The van der Waals surface area contributed by atoms with E-state index in [1.807, 2.05) is 19.0 Å². The summed E-state index contributed by atoms with van der Waals surface area (Å²) in [5, 5.41) is 3.19. The van der Waals surface area contributed by atoms with Crippen LogP contribution in [-0.2, 0) is 0 Å². The SMILES string of the molecule is CCCNC(=NC)N(C)C. The van der Waals surface area contributed by atoms with E-state index in [0.29, 0.717) is 0 Å². The van der Waals surface area contributed by atoms with Gasteiger partial charge in [0, 0.05) is 27.7 Å². The van der Waals surface area contributed by atoms with E-state index in [4.69, 9.17) is 0 Å². The summed E-state index contributed by atoms with van der Waals surface area (Å²) in [4.78, 5) is 6.02. The molecule has 60 valence electrons. The number of aliphatic imine (C=N–C) groups is 1. The van der Waals surface area contributed by atoms with Crippen molar-refractivity contribution in [2.75, 3.05) is 27.7 Å². The summed E-state index contributed by atoms with van der Waals surface area (Å²) in [6, 6.07) is 0. The Morgan fingerprint density at radius 2 is 2.10 bits per heavy atom. The summed E-state index contributed by atoms with van der Waals surface area (Å²) in [5.74, 6) is 0.946. The van der Waals surface area contributed by atoms with E-state index in [0.717, 1.165) is 18.9 Å². The topological polar surface area (TPSA) is 27.6 Å². The zero-order chi connectivity index (χ0) is 7.98. The Bertz CT molecular complexity index is 107. The average Bonchev–Trinajstić information content (AvgIpc) is 1.89.